The maximum atomic E-state index is 12.2. The van der Waals surface area contributed by atoms with Crippen molar-refractivity contribution in [3.05, 3.63) is 0 Å². The Balaban J connectivity index is 1.59. The molecule has 4 nitrogen and oxygen atoms in total. The Kier molecular flexibility index (Phi) is 2.75. The molecule has 0 N–H and O–H groups in total. The zero-order valence-corrected chi connectivity index (χ0v) is 9.73. The largest absolute Gasteiger partial charge is 0.378 e. The summed E-state index contributed by atoms with van der Waals surface area (Å²) in [6.07, 6.45) is 4.03. The standard InChI is InChI=1S/C12H20N2O2/c15-12(13-4-6-16-7-5-13)14-8-10-2-1-3-11(10)9-14/h10-11H,1-9H2. The molecule has 4 heteroatoms. The molecule has 3 rings (SSSR count). The highest BCUT2D eigenvalue weighted by molar-refractivity contribution is 5.75. The summed E-state index contributed by atoms with van der Waals surface area (Å²) in [6.45, 7) is 4.94. The number of urea groups is 1. The topological polar surface area (TPSA) is 32.8 Å². The number of nitrogens with zero attached hydrogens (tertiary/aromatic N) is 2. The molecule has 16 heavy (non-hydrogen) atoms. The van der Waals surface area contributed by atoms with Crippen molar-refractivity contribution in [2.24, 2.45) is 11.8 Å². The minimum Gasteiger partial charge on any atom is -0.378 e. The van der Waals surface area contributed by atoms with Crippen LogP contribution in [0.15, 0.2) is 0 Å². The summed E-state index contributed by atoms with van der Waals surface area (Å²) in [5.74, 6) is 1.59. The second-order valence-electron chi connectivity index (χ2n) is 5.24. The molecule has 0 aromatic carbocycles. The zero-order chi connectivity index (χ0) is 11.0. The number of carbonyl (C=O) groups is 1. The Morgan fingerprint density at radius 3 is 2.25 bits per heavy atom. The van der Waals surface area contributed by atoms with E-state index in [0.29, 0.717) is 13.2 Å². The molecule has 3 aliphatic rings. The minimum absolute atomic E-state index is 0.248. The summed E-state index contributed by atoms with van der Waals surface area (Å²) in [7, 11) is 0. The monoisotopic (exact) mass is 224 g/mol. The summed E-state index contributed by atoms with van der Waals surface area (Å²) in [6, 6.07) is 0.248. The van der Waals surface area contributed by atoms with E-state index < -0.39 is 0 Å². The van der Waals surface area contributed by atoms with Crippen LogP contribution in [0.3, 0.4) is 0 Å². The van der Waals surface area contributed by atoms with E-state index in [0.717, 1.165) is 38.0 Å². The lowest BCUT2D eigenvalue weighted by Gasteiger charge is -2.31. The van der Waals surface area contributed by atoms with Crippen molar-refractivity contribution < 1.29 is 9.53 Å². The van der Waals surface area contributed by atoms with Gasteiger partial charge in [-0.1, -0.05) is 6.42 Å². The van der Waals surface area contributed by atoms with Crippen molar-refractivity contribution in [2.45, 2.75) is 19.3 Å². The molecule has 0 bridgehead atoms. The van der Waals surface area contributed by atoms with E-state index in [1.165, 1.54) is 19.3 Å². The summed E-state index contributed by atoms with van der Waals surface area (Å²) >= 11 is 0. The van der Waals surface area contributed by atoms with Crippen molar-refractivity contribution in [1.82, 2.24) is 9.80 Å². The van der Waals surface area contributed by atoms with E-state index in [9.17, 15) is 4.79 Å². The Morgan fingerprint density at radius 1 is 1.00 bits per heavy atom. The van der Waals surface area contributed by atoms with Gasteiger partial charge >= 0.3 is 6.03 Å². The molecule has 2 unspecified atom stereocenters. The smallest absolute Gasteiger partial charge is 0.320 e. The van der Waals surface area contributed by atoms with Crippen molar-refractivity contribution in [3.63, 3.8) is 0 Å². The van der Waals surface area contributed by atoms with Crippen LogP contribution in [0.2, 0.25) is 0 Å². The first-order chi connectivity index (χ1) is 7.84. The number of rotatable bonds is 0. The first-order valence-corrected chi connectivity index (χ1v) is 6.46. The summed E-state index contributed by atoms with van der Waals surface area (Å²) in [5, 5.41) is 0. The molecule has 2 aliphatic heterocycles. The number of morpholine rings is 1. The van der Waals surface area contributed by atoms with Crippen molar-refractivity contribution in [2.75, 3.05) is 39.4 Å². The molecule has 2 amide bonds. The van der Waals surface area contributed by atoms with Crippen LogP contribution in [0.1, 0.15) is 19.3 Å². The minimum atomic E-state index is 0.248. The third-order valence-corrected chi connectivity index (χ3v) is 4.28. The van der Waals surface area contributed by atoms with Gasteiger partial charge in [0.15, 0.2) is 0 Å². The van der Waals surface area contributed by atoms with Gasteiger partial charge in [-0.15, -0.1) is 0 Å². The van der Waals surface area contributed by atoms with Crippen LogP contribution in [-0.2, 0) is 4.74 Å². The second kappa shape index (κ2) is 4.24. The first kappa shape index (κ1) is 10.4. The highest BCUT2D eigenvalue weighted by Gasteiger charge is 2.39. The average Bonchev–Trinajstić information content (AvgIpc) is 2.89. The lowest BCUT2D eigenvalue weighted by molar-refractivity contribution is 0.0446. The molecule has 2 heterocycles. The van der Waals surface area contributed by atoms with Gasteiger partial charge in [0.05, 0.1) is 13.2 Å². The predicted octanol–water partition coefficient (Wildman–Crippen LogP) is 1.17. The van der Waals surface area contributed by atoms with Gasteiger partial charge in [0.25, 0.3) is 0 Å². The molecule has 1 aliphatic carbocycles. The number of amides is 2. The predicted molar refractivity (Wildman–Crippen MR) is 60.2 cm³/mol. The molecule has 0 spiro atoms. The molecule has 1 saturated carbocycles. The fourth-order valence-corrected chi connectivity index (χ4v) is 3.35. The van der Waals surface area contributed by atoms with E-state index >= 15 is 0 Å². The SMILES string of the molecule is O=C(N1CCOCC1)N1CC2CCCC2C1. The molecule has 0 aromatic heterocycles. The number of fused-ring (bicyclic) bond motifs is 1. The van der Waals surface area contributed by atoms with Gasteiger partial charge in [-0.05, 0) is 24.7 Å². The highest BCUT2D eigenvalue weighted by Crippen LogP contribution is 2.37. The average molecular weight is 224 g/mol. The van der Waals surface area contributed by atoms with Crippen molar-refractivity contribution in [3.8, 4) is 0 Å². The van der Waals surface area contributed by atoms with Gasteiger partial charge in [0.2, 0.25) is 0 Å². The molecular weight excluding hydrogens is 204 g/mol. The highest BCUT2D eigenvalue weighted by atomic mass is 16.5. The quantitative estimate of drug-likeness (QED) is 0.619. The van der Waals surface area contributed by atoms with E-state index in [2.05, 4.69) is 4.90 Å². The van der Waals surface area contributed by atoms with Crippen LogP contribution in [0, 0.1) is 11.8 Å². The Morgan fingerprint density at radius 2 is 1.62 bits per heavy atom. The third-order valence-electron chi connectivity index (χ3n) is 4.28. The van der Waals surface area contributed by atoms with Gasteiger partial charge in [-0.2, -0.15) is 0 Å². The van der Waals surface area contributed by atoms with Gasteiger partial charge < -0.3 is 14.5 Å². The van der Waals surface area contributed by atoms with Crippen LogP contribution >= 0.6 is 0 Å². The van der Waals surface area contributed by atoms with E-state index in [4.69, 9.17) is 4.74 Å². The summed E-state index contributed by atoms with van der Waals surface area (Å²) in [4.78, 5) is 16.2. The van der Waals surface area contributed by atoms with Crippen molar-refractivity contribution >= 4 is 6.03 Å². The van der Waals surface area contributed by atoms with Gasteiger partial charge in [0, 0.05) is 26.2 Å². The molecule has 0 aromatic rings. The molecular formula is C12H20N2O2. The normalized spacial score (nSPS) is 34.2. The fraction of sp³-hybridized carbons (Fsp3) is 0.917. The second-order valence-corrected chi connectivity index (χ2v) is 5.24. The van der Waals surface area contributed by atoms with Gasteiger partial charge in [-0.25, -0.2) is 4.79 Å². The van der Waals surface area contributed by atoms with Crippen molar-refractivity contribution in [1.29, 1.82) is 0 Å². The summed E-state index contributed by atoms with van der Waals surface area (Å²) < 4.78 is 5.27. The number of carbonyl (C=O) groups excluding carboxylic acids is 1. The molecule has 0 radical (unpaired) electrons. The van der Waals surface area contributed by atoms with Crippen LogP contribution in [0.4, 0.5) is 4.79 Å². The van der Waals surface area contributed by atoms with E-state index in [1.807, 2.05) is 4.90 Å². The van der Waals surface area contributed by atoms with E-state index in [-0.39, 0.29) is 6.03 Å². The number of ether oxygens (including phenoxy) is 1. The Bertz CT molecular complexity index is 264. The lowest BCUT2D eigenvalue weighted by atomic mass is 10.0. The Labute approximate surface area is 96.5 Å². The number of hydrogen-bond acceptors (Lipinski definition) is 2. The third kappa shape index (κ3) is 1.79. The molecule has 2 saturated heterocycles. The van der Waals surface area contributed by atoms with Crippen LogP contribution in [-0.4, -0.2) is 55.2 Å². The van der Waals surface area contributed by atoms with Crippen LogP contribution in [0.25, 0.3) is 0 Å². The maximum Gasteiger partial charge on any atom is 0.320 e. The molecule has 90 valence electrons. The van der Waals surface area contributed by atoms with Gasteiger partial charge in [-0.3, -0.25) is 0 Å². The summed E-state index contributed by atoms with van der Waals surface area (Å²) in [5.41, 5.74) is 0. The van der Waals surface area contributed by atoms with Crippen LogP contribution < -0.4 is 0 Å². The molecule has 3 fully saturated rings. The van der Waals surface area contributed by atoms with Crippen LogP contribution in [0.5, 0.6) is 0 Å². The number of hydrogen-bond donors (Lipinski definition) is 0. The first-order valence-electron chi connectivity index (χ1n) is 6.46. The lowest BCUT2D eigenvalue weighted by Crippen LogP contribution is -2.47. The zero-order valence-electron chi connectivity index (χ0n) is 9.73. The fourth-order valence-electron chi connectivity index (χ4n) is 3.35. The number of likely N-dealkylation sites (tertiary alicyclic amines) is 1. The molecule has 2 atom stereocenters. The van der Waals surface area contributed by atoms with E-state index in [1.54, 1.807) is 0 Å². The van der Waals surface area contributed by atoms with Gasteiger partial charge in [0.1, 0.15) is 0 Å². The maximum absolute atomic E-state index is 12.2. The Hall–Kier alpha value is -0.770.